The van der Waals surface area contributed by atoms with Gasteiger partial charge in [0.2, 0.25) is 0 Å². The zero-order chi connectivity index (χ0) is 12.8. The number of halogens is 2. The molecule has 0 spiro atoms. The zero-order valence-electron chi connectivity index (χ0n) is 10.5. The smallest absolute Gasteiger partial charge is 0.126 e. The lowest BCUT2D eigenvalue weighted by atomic mass is 10.1. The second kappa shape index (κ2) is 6.97. The predicted octanol–water partition coefficient (Wildman–Crippen LogP) is 3.61. The molecule has 0 aliphatic carbocycles. The topological polar surface area (TPSA) is 12.0 Å². The molecule has 96 valence electrons. The lowest BCUT2D eigenvalue weighted by Gasteiger charge is -2.17. The van der Waals surface area contributed by atoms with Crippen LogP contribution in [0.3, 0.4) is 0 Å². The molecule has 0 saturated heterocycles. The number of benzene rings is 1. The van der Waals surface area contributed by atoms with Crippen LogP contribution in [0.2, 0.25) is 0 Å². The van der Waals surface area contributed by atoms with Gasteiger partial charge in [-0.3, -0.25) is 0 Å². The summed E-state index contributed by atoms with van der Waals surface area (Å²) in [7, 11) is 1.81. The van der Waals surface area contributed by atoms with Crippen molar-refractivity contribution in [2.24, 2.45) is 5.92 Å². The van der Waals surface area contributed by atoms with Crippen LogP contribution >= 0.6 is 11.8 Å². The van der Waals surface area contributed by atoms with Crippen LogP contribution in [0.5, 0.6) is 0 Å². The molecule has 0 aliphatic rings. The minimum absolute atomic E-state index is 0.0102. The third kappa shape index (κ3) is 5.04. The van der Waals surface area contributed by atoms with E-state index in [9.17, 15) is 8.78 Å². The van der Waals surface area contributed by atoms with E-state index in [2.05, 4.69) is 19.2 Å². The fraction of sp³-hybridized carbons (Fsp3) is 0.538. The summed E-state index contributed by atoms with van der Waals surface area (Å²) in [6, 6.07) is 3.67. The molecule has 1 nitrogen and oxygen atoms in total. The van der Waals surface area contributed by atoms with Gasteiger partial charge in [-0.15, -0.1) is 0 Å². The Morgan fingerprint density at radius 3 is 2.18 bits per heavy atom. The van der Waals surface area contributed by atoms with E-state index < -0.39 is 11.6 Å². The van der Waals surface area contributed by atoms with Gasteiger partial charge in [0.1, 0.15) is 11.6 Å². The molecule has 0 radical (unpaired) electrons. The summed E-state index contributed by atoms with van der Waals surface area (Å²) in [6.45, 7) is 4.31. The zero-order valence-corrected chi connectivity index (χ0v) is 11.3. The van der Waals surface area contributed by atoms with Gasteiger partial charge >= 0.3 is 0 Å². The second-order valence-electron chi connectivity index (χ2n) is 4.48. The maximum atomic E-state index is 13.1. The molecule has 4 heteroatoms. The highest BCUT2D eigenvalue weighted by Gasteiger charge is 2.12. The molecule has 1 unspecified atom stereocenters. The van der Waals surface area contributed by atoms with Crippen molar-refractivity contribution in [3.8, 4) is 0 Å². The largest absolute Gasteiger partial charge is 0.312 e. The van der Waals surface area contributed by atoms with E-state index in [1.807, 2.05) is 7.05 Å². The van der Waals surface area contributed by atoms with Crippen molar-refractivity contribution in [3.63, 3.8) is 0 Å². The molecule has 1 atom stereocenters. The van der Waals surface area contributed by atoms with E-state index in [1.165, 1.54) is 12.1 Å². The van der Waals surface area contributed by atoms with Gasteiger partial charge in [0, 0.05) is 17.9 Å². The first-order chi connectivity index (χ1) is 8.02. The Morgan fingerprint density at radius 1 is 1.12 bits per heavy atom. The first-order valence-electron chi connectivity index (χ1n) is 5.74. The van der Waals surface area contributed by atoms with E-state index in [0.29, 0.717) is 11.5 Å². The average Bonchev–Trinajstić information content (AvgIpc) is 2.22. The second-order valence-corrected chi connectivity index (χ2v) is 5.55. The third-order valence-corrected chi connectivity index (χ3v) is 3.84. The number of hydrogen-bond donors (Lipinski definition) is 1. The summed E-state index contributed by atoms with van der Waals surface area (Å²) in [5, 5.41) is 3.09. The fourth-order valence-corrected chi connectivity index (χ4v) is 2.75. The Morgan fingerprint density at radius 2 is 1.71 bits per heavy atom. The summed E-state index contributed by atoms with van der Waals surface area (Å²) < 4.78 is 26.2. The lowest BCUT2D eigenvalue weighted by molar-refractivity contribution is 0.568. The maximum absolute atomic E-state index is 13.1. The van der Waals surface area contributed by atoms with Crippen LogP contribution in [0, 0.1) is 17.6 Å². The highest BCUT2D eigenvalue weighted by Crippen LogP contribution is 2.21. The highest BCUT2D eigenvalue weighted by molar-refractivity contribution is 7.99. The number of nitrogens with one attached hydrogen (secondary N) is 1. The normalized spacial score (nSPS) is 13.1. The van der Waals surface area contributed by atoms with E-state index in [1.54, 1.807) is 11.8 Å². The number of thioether (sulfide) groups is 1. The fourth-order valence-electron chi connectivity index (χ4n) is 1.54. The molecule has 0 aliphatic heterocycles. The van der Waals surface area contributed by atoms with Crippen LogP contribution < -0.4 is 5.32 Å². The summed E-state index contributed by atoms with van der Waals surface area (Å²) >= 11 is 1.79. The summed E-state index contributed by atoms with van der Waals surface area (Å²) in [4.78, 5) is 0. The van der Waals surface area contributed by atoms with Crippen molar-refractivity contribution in [2.45, 2.75) is 19.9 Å². The molecule has 1 rings (SSSR count). The van der Waals surface area contributed by atoms with Crippen LogP contribution in [-0.2, 0) is 0 Å². The van der Waals surface area contributed by atoms with Gasteiger partial charge in [0.25, 0.3) is 0 Å². The summed E-state index contributed by atoms with van der Waals surface area (Å²) in [5.74, 6) is 1.46. The number of hydrogen-bond acceptors (Lipinski definition) is 2. The van der Waals surface area contributed by atoms with Crippen molar-refractivity contribution >= 4 is 11.8 Å². The Bertz CT molecular complexity index is 335. The van der Waals surface area contributed by atoms with Gasteiger partial charge < -0.3 is 5.32 Å². The monoisotopic (exact) mass is 259 g/mol. The maximum Gasteiger partial charge on any atom is 0.126 e. The van der Waals surface area contributed by atoms with Crippen LogP contribution in [0.15, 0.2) is 18.2 Å². The molecule has 1 aromatic rings. The van der Waals surface area contributed by atoms with E-state index in [0.717, 1.165) is 17.6 Å². The van der Waals surface area contributed by atoms with Gasteiger partial charge in [-0.25, -0.2) is 8.78 Å². The third-order valence-electron chi connectivity index (χ3n) is 2.37. The van der Waals surface area contributed by atoms with Gasteiger partial charge in [-0.2, -0.15) is 11.8 Å². The minimum atomic E-state index is -0.519. The molecule has 0 saturated carbocycles. The van der Waals surface area contributed by atoms with Crippen LogP contribution in [0.1, 0.15) is 25.5 Å². The van der Waals surface area contributed by atoms with E-state index in [4.69, 9.17) is 0 Å². The van der Waals surface area contributed by atoms with Gasteiger partial charge in [-0.1, -0.05) is 13.8 Å². The predicted molar refractivity (Wildman–Crippen MR) is 70.3 cm³/mol. The van der Waals surface area contributed by atoms with E-state index in [-0.39, 0.29) is 6.04 Å². The molecule has 0 bridgehead atoms. The molecule has 1 N–H and O–H groups in total. The van der Waals surface area contributed by atoms with Crippen molar-refractivity contribution in [2.75, 3.05) is 18.6 Å². The van der Waals surface area contributed by atoms with Gasteiger partial charge in [-0.05, 0) is 36.4 Å². The summed E-state index contributed by atoms with van der Waals surface area (Å²) in [5.41, 5.74) is 0.668. The molecule has 17 heavy (non-hydrogen) atoms. The quantitative estimate of drug-likeness (QED) is 0.837. The van der Waals surface area contributed by atoms with Crippen LogP contribution in [0.4, 0.5) is 8.78 Å². The Labute approximate surface area is 106 Å². The Kier molecular flexibility index (Phi) is 5.92. The molecule has 1 aromatic carbocycles. The Balaban J connectivity index is 2.65. The SMILES string of the molecule is CNC(CSCC(C)C)c1cc(F)cc(F)c1. The average molecular weight is 259 g/mol. The van der Waals surface area contributed by atoms with Crippen molar-refractivity contribution in [3.05, 3.63) is 35.4 Å². The first-order valence-corrected chi connectivity index (χ1v) is 6.89. The van der Waals surface area contributed by atoms with Gasteiger partial charge in [0.05, 0.1) is 0 Å². The molecule has 0 aromatic heterocycles. The lowest BCUT2D eigenvalue weighted by Crippen LogP contribution is -2.19. The number of rotatable bonds is 6. The molecular weight excluding hydrogens is 240 g/mol. The van der Waals surface area contributed by atoms with Crippen LogP contribution in [-0.4, -0.2) is 18.6 Å². The van der Waals surface area contributed by atoms with Gasteiger partial charge in [0.15, 0.2) is 0 Å². The molecular formula is C13H19F2NS. The molecule has 0 fully saturated rings. The van der Waals surface area contributed by atoms with Crippen molar-refractivity contribution in [1.82, 2.24) is 5.32 Å². The van der Waals surface area contributed by atoms with Crippen molar-refractivity contribution < 1.29 is 8.78 Å². The van der Waals surface area contributed by atoms with E-state index >= 15 is 0 Å². The van der Waals surface area contributed by atoms with Crippen LogP contribution in [0.25, 0.3) is 0 Å². The molecule has 0 heterocycles. The minimum Gasteiger partial charge on any atom is -0.312 e. The molecule has 0 amide bonds. The highest BCUT2D eigenvalue weighted by atomic mass is 32.2. The Hall–Kier alpha value is -0.610. The standard InChI is InChI=1S/C13H19F2NS/c1-9(2)7-17-8-13(16-3)10-4-11(14)6-12(15)5-10/h4-6,9,13,16H,7-8H2,1-3H3. The van der Waals surface area contributed by atoms with Crippen molar-refractivity contribution in [1.29, 1.82) is 0 Å². The first kappa shape index (κ1) is 14.5. The summed E-state index contributed by atoms with van der Waals surface area (Å²) in [6.07, 6.45) is 0.